The number of halogens is 1. The Labute approximate surface area is 194 Å². The molecule has 0 fully saturated rings. The zero-order chi connectivity index (χ0) is 20.5. The van der Waals surface area contributed by atoms with E-state index in [1.165, 1.54) is 4.88 Å². The highest BCUT2D eigenvalue weighted by atomic mass is 127. The molecular weight excluding hydrogens is 503 g/mol. The van der Waals surface area contributed by atoms with Crippen molar-refractivity contribution in [1.82, 2.24) is 15.6 Å². The normalized spacial score (nSPS) is 10.9. The highest BCUT2D eigenvalue weighted by Crippen LogP contribution is 2.34. The summed E-state index contributed by atoms with van der Waals surface area (Å²) >= 11 is 1.75. The predicted molar refractivity (Wildman–Crippen MR) is 130 cm³/mol. The molecule has 0 unspecified atom stereocenters. The van der Waals surface area contributed by atoms with Crippen molar-refractivity contribution in [3.05, 3.63) is 33.3 Å². The van der Waals surface area contributed by atoms with Crippen LogP contribution in [-0.4, -0.2) is 45.4 Å². The van der Waals surface area contributed by atoms with Crippen LogP contribution in [0, 0.1) is 13.8 Å². The number of methoxy groups -OCH3 is 3. The quantitative estimate of drug-likeness (QED) is 0.290. The van der Waals surface area contributed by atoms with Crippen LogP contribution in [0.15, 0.2) is 17.1 Å². The molecule has 1 heterocycles. The Morgan fingerprint density at radius 1 is 1.03 bits per heavy atom. The van der Waals surface area contributed by atoms with Crippen molar-refractivity contribution in [2.45, 2.75) is 33.7 Å². The van der Waals surface area contributed by atoms with Crippen molar-refractivity contribution in [3.8, 4) is 17.2 Å². The average Bonchev–Trinajstić information content (AvgIpc) is 3.02. The maximum Gasteiger partial charge on any atom is 0.191 e. The van der Waals surface area contributed by atoms with Gasteiger partial charge in [0, 0.05) is 36.0 Å². The fraction of sp³-hybridized carbons (Fsp3) is 0.500. The minimum Gasteiger partial charge on any atom is -0.496 e. The number of guanidine groups is 1. The van der Waals surface area contributed by atoms with E-state index in [0.717, 1.165) is 41.7 Å². The van der Waals surface area contributed by atoms with Gasteiger partial charge in [-0.3, -0.25) is 0 Å². The van der Waals surface area contributed by atoms with Crippen LogP contribution in [0.4, 0.5) is 0 Å². The van der Waals surface area contributed by atoms with Crippen molar-refractivity contribution in [3.63, 3.8) is 0 Å². The molecule has 0 aliphatic rings. The van der Waals surface area contributed by atoms with Crippen LogP contribution in [0.5, 0.6) is 17.2 Å². The second-order valence-electron chi connectivity index (χ2n) is 6.14. The molecule has 7 nitrogen and oxygen atoms in total. The van der Waals surface area contributed by atoms with Gasteiger partial charge in [-0.2, -0.15) is 0 Å². The van der Waals surface area contributed by atoms with Crippen LogP contribution in [0.2, 0.25) is 0 Å². The van der Waals surface area contributed by atoms with E-state index in [4.69, 9.17) is 14.2 Å². The predicted octanol–water partition coefficient (Wildman–Crippen LogP) is 3.70. The highest BCUT2D eigenvalue weighted by molar-refractivity contribution is 14.0. The van der Waals surface area contributed by atoms with Gasteiger partial charge < -0.3 is 24.8 Å². The molecule has 0 saturated heterocycles. The van der Waals surface area contributed by atoms with E-state index >= 15 is 0 Å². The number of ether oxygens (including phenoxy) is 3. The second-order valence-corrected chi connectivity index (χ2v) is 7.43. The molecule has 2 N–H and O–H groups in total. The third kappa shape index (κ3) is 7.22. The Morgan fingerprint density at radius 3 is 2.24 bits per heavy atom. The van der Waals surface area contributed by atoms with E-state index in [2.05, 4.69) is 27.5 Å². The molecule has 29 heavy (non-hydrogen) atoms. The molecule has 1 aromatic carbocycles. The molecule has 0 amide bonds. The Kier molecular flexibility index (Phi) is 11.1. The number of thiazole rings is 1. The van der Waals surface area contributed by atoms with Crippen LogP contribution in [0.1, 0.15) is 28.1 Å². The summed E-state index contributed by atoms with van der Waals surface area (Å²) in [5.41, 5.74) is 2.03. The van der Waals surface area contributed by atoms with Crippen LogP contribution >= 0.6 is 35.3 Å². The van der Waals surface area contributed by atoms with Crippen LogP contribution in [0.25, 0.3) is 0 Å². The number of aromatic nitrogens is 1. The molecule has 2 rings (SSSR count). The van der Waals surface area contributed by atoms with Crippen molar-refractivity contribution in [2.75, 3.05) is 34.4 Å². The number of hydrogen-bond donors (Lipinski definition) is 2. The Balaban J connectivity index is 0.00000420. The highest BCUT2D eigenvalue weighted by Gasteiger charge is 2.12. The molecule has 0 radical (unpaired) electrons. The lowest BCUT2D eigenvalue weighted by molar-refractivity contribution is 0.347. The van der Waals surface area contributed by atoms with Crippen LogP contribution < -0.4 is 24.8 Å². The van der Waals surface area contributed by atoms with Gasteiger partial charge in [0.05, 0.1) is 38.6 Å². The maximum atomic E-state index is 5.48. The average molecular weight is 534 g/mol. The van der Waals surface area contributed by atoms with Gasteiger partial charge in [0.15, 0.2) is 17.5 Å². The molecule has 0 aliphatic heterocycles. The minimum absolute atomic E-state index is 0. The lowest BCUT2D eigenvalue weighted by atomic mass is 10.1. The summed E-state index contributed by atoms with van der Waals surface area (Å²) in [4.78, 5) is 10.5. The molecule has 0 spiro atoms. The number of nitrogens with zero attached hydrogens (tertiary/aromatic N) is 2. The monoisotopic (exact) mass is 534 g/mol. The molecule has 0 saturated carbocycles. The molecule has 0 atom stereocenters. The van der Waals surface area contributed by atoms with Gasteiger partial charge in [-0.1, -0.05) is 0 Å². The van der Waals surface area contributed by atoms with Crippen LogP contribution in [0.3, 0.4) is 0 Å². The standard InChI is InChI=1S/C20H30N4O3S.HI/c1-7-21-20(22-9-8-19-24-13(2)14(3)28-19)23-12-15-10-17(26-5)18(27-6)11-16(15)25-4;/h10-11H,7-9,12H2,1-6H3,(H2,21,22,23);1H. The Bertz CT molecular complexity index is 792. The molecular formula is C20H31IN4O3S. The second kappa shape index (κ2) is 12.7. The number of benzene rings is 1. The maximum absolute atomic E-state index is 5.48. The lowest BCUT2D eigenvalue weighted by Gasteiger charge is -2.14. The summed E-state index contributed by atoms with van der Waals surface area (Å²) in [6.07, 6.45) is 0.865. The zero-order valence-corrected chi connectivity index (χ0v) is 21.1. The summed E-state index contributed by atoms with van der Waals surface area (Å²) in [6.45, 7) is 8.19. The molecule has 9 heteroatoms. The van der Waals surface area contributed by atoms with E-state index in [0.29, 0.717) is 23.8 Å². The van der Waals surface area contributed by atoms with E-state index in [1.54, 1.807) is 32.7 Å². The van der Waals surface area contributed by atoms with Gasteiger partial charge in [0.2, 0.25) is 0 Å². The van der Waals surface area contributed by atoms with E-state index < -0.39 is 0 Å². The zero-order valence-electron chi connectivity index (χ0n) is 17.9. The number of aliphatic imine (C=N–C) groups is 1. The summed E-state index contributed by atoms with van der Waals surface area (Å²) in [6, 6.07) is 3.71. The van der Waals surface area contributed by atoms with Gasteiger partial charge in [0.25, 0.3) is 0 Å². The number of nitrogens with one attached hydrogen (secondary N) is 2. The van der Waals surface area contributed by atoms with E-state index in [-0.39, 0.29) is 24.0 Å². The number of hydrogen-bond acceptors (Lipinski definition) is 6. The Morgan fingerprint density at radius 2 is 1.69 bits per heavy atom. The van der Waals surface area contributed by atoms with Gasteiger partial charge in [-0.25, -0.2) is 9.98 Å². The first-order chi connectivity index (χ1) is 13.5. The number of rotatable bonds is 9. The summed E-state index contributed by atoms with van der Waals surface area (Å²) in [5.74, 6) is 2.75. The molecule has 2 aromatic rings. The van der Waals surface area contributed by atoms with Crippen molar-refractivity contribution in [2.24, 2.45) is 4.99 Å². The first-order valence-electron chi connectivity index (χ1n) is 9.26. The summed E-state index contributed by atoms with van der Waals surface area (Å²) in [5, 5.41) is 7.77. The molecule has 162 valence electrons. The first kappa shape index (κ1) is 25.3. The van der Waals surface area contributed by atoms with Gasteiger partial charge >= 0.3 is 0 Å². The fourth-order valence-corrected chi connectivity index (χ4v) is 3.59. The minimum atomic E-state index is 0. The third-order valence-corrected chi connectivity index (χ3v) is 5.38. The van der Waals surface area contributed by atoms with E-state index in [1.807, 2.05) is 26.0 Å². The van der Waals surface area contributed by atoms with Crippen molar-refractivity contribution >= 4 is 41.3 Å². The summed E-state index contributed by atoms with van der Waals surface area (Å²) in [7, 11) is 4.86. The topological polar surface area (TPSA) is 77.0 Å². The smallest absolute Gasteiger partial charge is 0.191 e. The summed E-state index contributed by atoms with van der Waals surface area (Å²) < 4.78 is 16.2. The lowest BCUT2D eigenvalue weighted by Crippen LogP contribution is -2.38. The van der Waals surface area contributed by atoms with Gasteiger partial charge in [-0.15, -0.1) is 35.3 Å². The number of aryl methyl sites for hydroxylation is 2. The van der Waals surface area contributed by atoms with Gasteiger partial charge in [-0.05, 0) is 26.8 Å². The largest absolute Gasteiger partial charge is 0.496 e. The molecule has 0 bridgehead atoms. The fourth-order valence-electron chi connectivity index (χ4n) is 2.66. The Hall–Kier alpha value is -1.75. The SMILES string of the molecule is CCNC(=NCc1cc(OC)c(OC)cc1OC)NCCc1nc(C)c(C)s1.I. The third-order valence-electron chi connectivity index (χ3n) is 4.24. The van der Waals surface area contributed by atoms with Crippen molar-refractivity contribution < 1.29 is 14.2 Å². The first-order valence-corrected chi connectivity index (χ1v) is 10.1. The van der Waals surface area contributed by atoms with Gasteiger partial charge in [0.1, 0.15) is 5.75 Å². The van der Waals surface area contributed by atoms with Crippen LogP contribution in [-0.2, 0) is 13.0 Å². The molecule has 0 aliphatic carbocycles. The molecule has 1 aromatic heterocycles. The van der Waals surface area contributed by atoms with Crippen molar-refractivity contribution in [1.29, 1.82) is 0 Å². The van der Waals surface area contributed by atoms with E-state index in [9.17, 15) is 0 Å².